The predicted molar refractivity (Wildman–Crippen MR) is 105 cm³/mol. The van der Waals surface area contributed by atoms with Gasteiger partial charge < -0.3 is 19.5 Å². The second-order valence-electron chi connectivity index (χ2n) is 6.04. The van der Waals surface area contributed by atoms with Gasteiger partial charge in [-0.2, -0.15) is 0 Å². The molecule has 2 aromatic rings. The first-order valence-electron chi connectivity index (χ1n) is 8.88. The topological polar surface area (TPSA) is 103 Å². The molecule has 0 spiro atoms. The van der Waals surface area contributed by atoms with Gasteiger partial charge in [0.15, 0.2) is 17.6 Å². The van der Waals surface area contributed by atoms with Gasteiger partial charge >= 0.3 is 0 Å². The number of ether oxygens (including phenoxy) is 3. The van der Waals surface area contributed by atoms with Crippen LogP contribution < -0.4 is 24.2 Å². The van der Waals surface area contributed by atoms with E-state index in [1.807, 2.05) is 6.92 Å². The number of carbonyl (C=O) groups excluding carboxylic acids is 1. The molecule has 9 heteroatoms. The normalized spacial score (nSPS) is 15.8. The lowest BCUT2D eigenvalue weighted by molar-refractivity contribution is -0.122. The van der Waals surface area contributed by atoms with Gasteiger partial charge in [-0.3, -0.25) is 9.52 Å². The number of rotatable bonds is 7. The molecule has 0 unspecified atom stereocenters. The van der Waals surface area contributed by atoms with Crippen molar-refractivity contribution in [1.29, 1.82) is 0 Å². The minimum absolute atomic E-state index is 0.0334. The summed E-state index contributed by atoms with van der Waals surface area (Å²) >= 11 is 0. The van der Waals surface area contributed by atoms with Crippen LogP contribution in [-0.4, -0.2) is 33.6 Å². The molecule has 0 aromatic heterocycles. The van der Waals surface area contributed by atoms with Crippen LogP contribution in [-0.2, 0) is 14.8 Å². The van der Waals surface area contributed by atoms with E-state index in [4.69, 9.17) is 14.2 Å². The summed E-state index contributed by atoms with van der Waals surface area (Å²) in [7, 11) is -3.88. The van der Waals surface area contributed by atoms with E-state index < -0.39 is 16.1 Å². The molecule has 2 N–H and O–H groups in total. The standard InChI is InChI=1S/C19H22N2O6S/c1-4-25-17-9-7-14(11-18(17)26-5-2)28(23,24)21-13-6-8-16-15(10-13)20-19(22)12(3)27-16/h6-12,21H,4-5H2,1-3H3,(H,20,22)/t12-/m1/s1. The third kappa shape index (κ3) is 4.14. The zero-order chi connectivity index (χ0) is 20.3. The van der Waals surface area contributed by atoms with Gasteiger partial charge in [0.1, 0.15) is 5.75 Å². The predicted octanol–water partition coefficient (Wildman–Crippen LogP) is 3.00. The van der Waals surface area contributed by atoms with Crippen molar-refractivity contribution in [2.24, 2.45) is 0 Å². The molecule has 1 aliphatic rings. The lowest BCUT2D eigenvalue weighted by Crippen LogP contribution is -2.34. The maximum Gasteiger partial charge on any atom is 0.265 e. The number of hydrogen-bond donors (Lipinski definition) is 2. The highest BCUT2D eigenvalue weighted by Gasteiger charge is 2.24. The van der Waals surface area contributed by atoms with E-state index in [0.29, 0.717) is 41.8 Å². The van der Waals surface area contributed by atoms with Crippen molar-refractivity contribution in [2.45, 2.75) is 31.8 Å². The van der Waals surface area contributed by atoms with Crippen molar-refractivity contribution >= 4 is 27.3 Å². The summed E-state index contributed by atoms with van der Waals surface area (Å²) < 4.78 is 44.5. The molecule has 2 aromatic carbocycles. The number of amides is 1. The summed E-state index contributed by atoms with van der Waals surface area (Å²) in [6.45, 7) is 6.09. The molecular formula is C19H22N2O6S. The Balaban J connectivity index is 1.87. The largest absolute Gasteiger partial charge is 0.490 e. The fourth-order valence-corrected chi connectivity index (χ4v) is 3.75. The summed E-state index contributed by atoms with van der Waals surface area (Å²) in [5.74, 6) is 1.02. The highest BCUT2D eigenvalue weighted by atomic mass is 32.2. The van der Waals surface area contributed by atoms with Crippen LogP contribution in [0, 0.1) is 0 Å². The number of sulfonamides is 1. The zero-order valence-corrected chi connectivity index (χ0v) is 16.6. The maximum atomic E-state index is 12.8. The van der Waals surface area contributed by atoms with Gasteiger partial charge in [-0.25, -0.2) is 8.42 Å². The Kier molecular flexibility index (Phi) is 5.64. The van der Waals surface area contributed by atoms with Crippen molar-refractivity contribution < 1.29 is 27.4 Å². The van der Waals surface area contributed by atoms with E-state index in [9.17, 15) is 13.2 Å². The molecule has 28 heavy (non-hydrogen) atoms. The Hall–Kier alpha value is -2.94. The molecule has 150 valence electrons. The highest BCUT2D eigenvalue weighted by Crippen LogP contribution is 2.34. The van der Waals surface area contributed by atoms with Crippen LogP contribution in [0.25, 0.3) is 0 Å². The SMILES string of the molecule is CCOc1ccc(S(=O)(=O)Nc2ccc3c(c2)NC(=O)[C@@H](C)O3)cc1OCC. The van der Waals surface area contributed by atoms with E-state index in [1.54, 1.807) is 32.0 Å². The number of anilines is 2. The minimum Gasteiger partial charge on any atom is -0.490 e. The zero-order valence-electron chi connectivity index (χ0n) is 15.8. The van der Waals surface area contributed by atoms with Crippen LogP contribution in [0.1, 0.15) is 20.8 Å². The summed E-state index contributed by atoms with van der Waals surface area (Å²) in [4.78, 5) is 11.8. The third-order valence-corrected chi connectivity index (χ3v) is 5.37. The monoisotopic (exact) mass is 406 g/mol. The van der Waals surface area contributed by atoms with Gasteiger partial charge in [0.05, 0.1) is 29.5 Å². The summed E-state index contributed by atoms with van der Waals surface area (Å²) in [6.07, 6.45) is -0.601. The Labute approximate surface area is 163 Å². The van der Waals surface area contributed by atoms with E-state index in [-0.39, 0.29) is 10.8 Å². The minimum atomic E-state index is -3.88. The molecule has 3 rings (SSSR count). The average Bonchev–Trinajstić information content (AvgIpc) is 2.64. The second-order valence-corrected chi connectivity index (χ2v) is 7.72. The molecule has 0 saturated carbocycles. The van der Waals surface area contributed by atoms with Crippen molar-refractivity contribution in [3.63, 3.8) is 0 Å². The molecule has 0 saturated heterocycles. The number of carbonyl (C=O) groups is 1. The highest BCUT2D eigenvalue weighted by molar-refractivity contribution is 7.92. The molecular weight excluding hydrogens is 384 g/mol. The quantitative estimate of drug-likeness (QED) is 0.733. The van der Waals surface area contributed by atoms with Crippen LogP contribution in [0.3, 0.4) is 0 Å². The number of nitrogens with one attached hydrogen (secondary N) is 2. The van der Waals surface area contributed by atoms with Gasteiger partial charge in [0, 0.05) is 6.07 Å². The average molecular weight is 406 g/mol. The first-order valence-corrected chi connectivity index (χ1v) is 10.4. The van der Waals surface area contributed by atoms with Gasteiger partial charge in [0.25, 0.3) is 15.9 Å². The van der Waals surface area contributed by atoms with Crippen molar-refractivity contribution in [3.8, 4) is 17.2 Å². The first kappa shape index (κ1) is 19.8. The van der Waals surface area contributed by atoms with E-state index in [2.05, 4.69) is 10.0 Å². The molecule has 1 atom stereocenters. The first-order chi connectivity index (χ1) is 13.3. The number of benzene rings is 2. The van der Waals surface area contributed by atoms with Gasteiger partial charge in [-0.1, -0.05) is 0 Å². The fraction of sp³-hybridized carbons (Fsp3) is 0.316. The molecule has 1 heterocycles. The fourth-order valence-electron chi connectivity index (χ4n) is 2.68. The lowest BCUT2D eigenvalue weighted by Gasteiger charge is -2.23. The molecule has 0 aliphatic carbocycles. The summed E-state index contributed by atoms with van der Waals surface area (Å²) in [6, 6.07) is 9.11. The summed E-state index contributed by atoms with van der Waals surface area (Å²) in [5, 5.41) is 2.69. The van der Waals surface area contributed by atoms with Gasteiger partial charge in [-0.05, 0) is 51.1 Å². The van der Waals surface area contributed by atoms with Crippen molar-refractivity contribution in [2.75, 3.05) is 23.3 Å². The Morgan fingerprint density at radius 1 is 1.07 bits per heavy atom. The van der Waals surface area contributed by atoms with Gasteiger partial charge in [-0.15, -0.1) is 0 Å². The van der Waals surface area contributed by atoms with E-state index in [1.165, 1.54) is 18.2 Å². The van der Waals surface area contributed by atoms with Crippen LogP contribution >= 0.6 is 0 Å². The van der Waals surface area contributed by atoms with Gasteiger partial charge in [0.2, 0.25) is 0 Å². The Morgan fingerprint density at radius 3 is 2.50 bits per heavy atom. The van der Waals surface area contributed by atoms with E-state index in [0.717, 1.165) is 0 Å². The van der Waals surface area contributed by atoms with Crippen molar-refractivity contribution in [3.05, 3.63) is 36.4 Å². The van der Waals surface area contributed by atoms with E-state index >= 15 is 0 Å². The smallest absolute Gasteiger partial charge is 0.265 e. The lowest BCUT2D eigenvalue weighted by atomic mass is 10.2. The number of fused-ring (bicyclic) bond motifs is 1. The molecule has 0 fully saturated rings. The molecule has 1 aliphatic heterocycles. The number of hydrogen-bond acceptors (Lipinski definition) is 6. The second kappa shape index (κ2) is 7.97. The van der Waals surface area contributed by atoms with Crippen LogP contribution in [0.4, 0.5) is 11.4 Å². The molecule has 8 nitrogen and oxygen atoms in total. The maximum absolute atomic E-state index is 12.8. The van der Waals surface area contributed by atoms with Crippen LogP contribution in [0.2, 0.25) is 0 Å². The Bertz CT molecular complexity index is 990. The van der Waals surface area contributed by atoms with Crippen molar-refractivity contribution in [1.82, 2.24) is 0 Å². The Morgan fingerprint density at radius 2 is 1.79 bits per heavy atom. The molecule has 0 radical (unpaired) electrons. The third-order valence-electron chi connectivity index (χ3n) is 3.99. The summed E-state index contributed by atoms with van der Waals surface area (Å²) in [5.41, 5.74) is 0.703. The van der Waals surface area contributed by atoms with Crippen LogP contribution in [0.15, 0.2) is 41.3 Å². The molecule has 1 amide bonds. The van der Waals surface area contributed by atoms with Crippen LogP contribution in [0.5, 0.6) is 17.2 Å². The molecule has 0 bridgehead atoms.